The van der Waals surface area contributed by atoms with Crippen molar-refractivity contribution in [3.8, 4) is 6.07 Å². The first kappa shape index (κ1) is 23.5. The lowest BCUT2D eigenvalue weighted by Gasteiger charge is -2.32. The first-order valence-corrected chi connectivity index (χ1v) is 12.2. The third-order valence-corrected chi connectivity index (χ3v) is 6.98. The van der Waals surface area contributed by atoms with Crippen LogP contribution in [0.3, 0.4) is 0 Å². The highest BCUT2D eigenvalue weighted by molar-refractivity contribution is 6.14. The van der Waals surface area contributed by atoms with Crippen LogP contribution in [-0.2, 0) is 4.79 Å². The molecule has 1 atom stereocenters. The Bertz CT molecular complexity index is 1360. The smallest absolute Gasteiger partial charge is 0.255 e. The van der Waals surface area contributed by atoms with Crippen LogP contribution in [0.25, 0.3) is 11.2 Å². The van der Waals surface area contributed by atoms with Crippen LogP contribution in [0.4, 0.5) is 5.69 Å². The molecule has 10 heteroatoms. The fourth-order valence-electron chi connectivity index (χ4n) is 4.70. The molecular weight excluding hydrogens is 456 g/mol. The van der Waals surface area contributed by atoms with Gasteiger partial charge in [-0.15, -0.1) is 0 Å². The number of para-hydroxylation sites is 1. The van der Waals surface area contributed by atoms with Crippen molar-refractivity contribution >= 4 is 34.4 Å². The number of nitriles is 1. The first-order valence-electron chi connectivity index (χ1n) is 12.2. The fraction of sp³-hybridized carbons (Fsp3) is 0.385. The molecule has 2 fully saturated rings. The average molecular weight is 485 g/mol. The number of hydrogen-bond acceptors (Lipinski definition) is 7. The molecule has 3 aromatic rings. The third kappa shape index (κ3) is 4.52. The Morgan fingerprint density at radius 1 is 1.19 bits per heavy atom. The van der Waals surface area contributed by atoms with Gasteiger partial charge in [0.05, 0.1) is 23.5 Å². The van der Waals surface area contributed by atoms with E-state index in [0.29, 0.717) is 48.4 Å². The van der Waals surface area contributed by atoms with Crippen molar-refractivity contribution in [2.45, 2.75) is 31.7 Å². The summed E-state index contributed by atoms with van der Waals surface area (Å²) in [5.41, 5.74) is 3.08. The predicted octanol–water partition coefficient (Wildman–Crippen LogP) is 2.69. The quantitative estimate of drug-likeness (QED) is 0.379. The van der Waals surface area contributed by atoms with Gasteiger partial charge in [0.15, 0.2) is 5.65 Å². The molecule has 0 spiro atoms. The Balaban J connectivity index is 1.37. The van der Waals surface area contributed by atoms with E-state index in [-0.39, 0.29) is 29.0 Å². The number of carbonyl (C=O) groups excluding carboxylic acids is 2. The van der Waals surface area contributed by atoms with Gasteiger partial charge >= 0.3 is 0 Å². The van der Waals surface area contributed by atoms with Gasteiger partial charge in [0.1, 0.15) is 17.3 Å². The number of amides is 2. The molecule has 1 saturated heterocycles. The predicted molar refractivity (Wildman–Crippen MR) is 135 cm³/mol. The van der Waals surface area contributed by atoms with E-state index in [1.807, 2.05) is 24.3 Å². The maximum Gasteiger partial charge on any atom is 0.255 e. The molecule has 0 bridgehead atoms. The summed E-state index contributed by atoms with van der Waals surface area (Å²) in [6.07, 6.45) is 6.17. The minimum Gasteiger partial charge on any atom is -0.388 e. The molecule has 184 valence electrons. The topological polar surface area (TPSA) is 151 Å². The molecule has 3 heterocycles. The highest BCUT2D eigenvalue weighted by Crippen LogP contribution is 2.34. The number of hydrogen-bond donors (Lipinski definition) is 4. The van der Waals surface area contributed by atoms with E-state index in [1.54, 1.807) is 18.1 Å². The van der Waals surface area contributed by atoms with E-state index in [2.05, 4.69) is 31.7 Å². The van der Waals surface area contributed by atoms with Crippen LogP contribution in [0, 0.1) is 28.6 Å². The van der Waals surface area contributed by atoms with Crippen LogP contribution < -0.4 is 10.6 Å². The number of aromatic nitrogens is 3. The normalized spacial score (nSPS) is 16.8. The minimum absolute atomic E-state index is 0.0131. The summed E-state index contributed by atoms with van der Waals surface area (Å²) < 4.78 is 0. The Morgan fingerprint density at radius 3 is 2.64 bits per heavy atom. The van der Waals surface area contributed by atoms with Gasteiger partial charge in [-0.1, -0.05) is 18.2 Å². The molecule has 10 nitrogen and oxygen atoms in total. The second-order valence-electron chi connectivity index (χ2n) is 9.34. The SMILES string of the molecule is CNc1ccccc1C(=N)c1cnc2[nH]cc(C(=O)N[C@@H](C(=O)N3CCC(C#N)CC3)C3CC3)c2n1. The number of H-pyrrole nitrogens is 1. The molecule has 1 aromatic carbocycles. The Labute approximate surface area is 208 Å². The monoisotopic (exact) mass is 484 g/mol. The van der Waals surface area contributed by atoms with Crippen LogP contribution in [-0.4, -0.2) is 63.6 Å². The van der Waals surface area contributed by atoms with Crippen molar-refractivity contribution in [2.75, 3.05) is 25.5 Å². The van der Waals surface area contributed by atoms with E-state index in [9.17, 15) is 9.59 Å². The van der Waals surface area contributed by atoms with Gasteiger partial charge in [0.2, 0.25) is 5.91 Å². The van der Waals surface area contributed by atoms with E-state index >= 15 is 0 Å². The van der Waals surface area contributed by atoms with Gasteiger partial charge in [-0.2, -0.15) is 5.26 Å². The maximum absolute atomic E-state index is 13.3. The molecule has 5 rings (SSSR count). The third-order valence-electron chi connectivity index (χ3n) is 6.98. The molecule has 0 unspecified atom stereocenters. The van der Waals surface area contributed by atoms with Crippen LogP contribution in [0.5, 0.6) is 0 Å². The molecule has 2 aromatic heterocycles. The zero-order valence-electron chi connectivity index (χ0n) is 20.0. The van der Waals surface area contributed by atoms with Gasteiger partial charge in [0, 0.05) is 43.5 Å². The van der Waals surface area contributed by atoms with Crippen molar-refractivity contribution in [1.29, 1.82) is 10.7 Å². The highest BCUT2D eigenvalue weighted by atomic mass is 16.2. The Morgan fingerprint density at radius 2 is 1.94 bits per heavy atom. The fourth-order valence-corrected chi connectivity index (χ4v) is 4.70. The second kappa shape index (κ2) is 9.77. The minimum atomic E-state index is -0.599. The highest BCUT2D eigenvalue weighted by Gasteiger charge is 2.40. The lowest BCUT2D eigenvalue weighted by Crippen LogP contribution is -2.51. The number of fused-ring (bicyclic) bond motifs is 1. The van der Waals surface area contributed by atoms with E-state index < -0.39 is 11.9 Å². The number of aromatic amines is 1. The average Bonchev–Trinajstić information content (AvgIpc) is 3.68. The molecule has 1 saturated carbocycles. The number of piperidine rings is 1. The van der Waals surface area contributed by atoms with Crippen molar-refractivity contribution < 1.29 is 9.59 Å². The molecule has 2 aliphatic rings. The van der Waals surface area contributed by atoms with E-state index in [0.717, 1.165) is 18.5 Å². The summed E-state index contributed by atoms with van der Waals surface area (Å²) in [4.78, 5) is 40.3. The van der Waals surface area contributed by atoms with Crippen LogP contribution in [0.2, 0.25) is 0 Å². The number of nitrogens with one attached hydrogen (secondary N) is 4. The summed E-state index contributed by atoms with van der Waals surface area (Å²) in [5.74, 6) is -0.375. The molecular formula is C26H28N8O2. The summed E-state index contributed by atoms with van der Waals surface area (Å²) in [6, 6.07) is 9.13. The number of anilines is 1. The summed E-state index contributed by atoms with van der Waals surface area (Å²) in [6.45, 7) is 1.07. The summed E-state index contributed by atoms with van der Waals surface area (Å²) in [7, 11) is 1.79. The van der Waals surface area contributed by atoms with Crippen LogP contribution in [0.1, 0.15) is 47.3 Å². The number of nitrogens with zero attached hydrogens (tertiary/aromatic N) is 4. The Hall–Kier alpha value is -4.26. The summed E-state index contributed by atoms with van der Waals surface area (Å²) >= 11 is 0. The van der Waals surface area contributed by atoms with E-state index in [1.165, 1.54) is 6.20 Å². The molecule has 36 heavy (non-hydrogen) atoms. The number of likely N-dealkylation sites (tertiary alicyclic amines) is 1. The number of benzene rings is 1. The Kier molecular flexibility index (Phi) is 6.38. The zero-order valence-corrected chi connectivity index (χ0v) is 20.0. The van der Waals surface area contributed by atoms with Crippen LogP contribution in [0.15, 0.2) is 36.7 Å². The lowest BCUT2D eigenvalue weighted by molar-refractivity contribution is -0.135. The van der Waals surface area contributed by atoms with Gasteiger partial charge < -0.3 is 20.5 Å². The van der Waals surface area contributed by atoms with Gasteiger partial charge in [-0.05, 0) is 37.7 Å². The maximum atomic E-state index is 13.3. The zero-order chi connectivity index (χ0) is 25.2. The molecule has 4 N–H and O–H groups in total. The molecule has 1 aliphatic carbocycles. The van der Waals surface area contributed by atoms with Crippen molar-refractivity contribution in [3.63, 3.8) is 0 Å². The number of rotatable bonds is 7. The van der Waals surface area contributed by atoms with Crippen molar-refractivity contribution in [2.24, 2.45) is 11.8 Å². The van der Waals surface area contributed by atoms with Gasteiger partial charge in [-0.3, -0.25) is 15.0 Å². The number of carbonyl (C=O) groups is 2. The van der Waals surface area contributed by atoms with Crippen molar-refractivity contribution in [3.05, 3.63) is 53.5 Å². The van der Waals surface area contributed by atoms with Gasteiger partial charge in [0.25, 0.3) is 5.91 Å². The van der Waals surface area contributed by atoms with Gasteiger partial charge in [-0.25, -0.2) is 9.97 Å². The first-order chi connectivity index (χ1) is 17.5. The second-order valence-corrected chi connectivity index (χ2v) is 9.34. The standard InChI is InChI=1S/C26H28N8O2/c1-29-19-5-3-2-4-17(19)21(28)20-14-31-24-23(32-20)18(13-30-24)25(35)33-22(16-6-7-16)26(36)34-10-8-15(12-27)9-11-34/h2-5,13-16,22,28-29H,6-11H2,1H3,(H,30,31)(H,33,35)/t22-/m1/s1. The largest absolute Gasteiger partial charge is 0.388 e. The molecule has 0 radical (unpaired) electrons. The van der Waals surface area contributed by atoms with E-state index in [4.69, 9.17) is 10.7 Å². The van der Waals surface area contributed by atoms with Crippen LogP contribution >= 0.6 is 0 Å². The van der Waals surface area contributed by atoms with Crippen molar-refractivity contribution in [1.82, 2.24) is 25.2 Å². The lowest BCUT2D eigenvalue weighted by atomic mass is 9.97. The molecule has 2 amide bonds. The molecule has 1 aliphatic heterocycles. The summed E-state index contributed by atoms with van der Waals surface area (Å²) in [5, 5.41) is 23.8.